The Morgan fingerprint density at radius 1 is 1.14 bits per heavy atom. The lowest BCUT2D eigenvalue weighted by atomic mass is 10.0. The van der Waals surface area contributed by atoms with Crippen LogP contribution >= 0.6 is 11.8 Å². The molecule has 5 heteroatoms. The molecule has 4 nitrogen and oxygen atoms in total. The molecule has 29 heavy (non-hydrogen) atoms. The van der Waals surface area contributed by atoms with Gasteiger partial charge in [-0.1, -0.05) is 62.9 Å². The zero-order chi connectivity index (χ0) is 20.8. The van der Waals surface area contributed by atoms with E-state index in [0.29, 0.717) is 12.6 Å². The third-order valence-corrected chi connectivity index (χ3v) is 6.50. The minimum Gasteiger partial charge on any atom is -0.338 e. The Morgan fingerprint density at radius 2 is 1.83 bits per heavy atom. The number of hydrogen-bond acceptors (Lipinski definition) is 3. The van der Waals surface area contributed by atoms with Gasteiger partial charge in [0, 0.05) is 17.5 Å². The topological polar surface area (TPSA) is 44.7 Å². The van der Waals surface area contributed by atoms with E-state index in [2.05, 4.69) is 68.2 Å². The SMILES string of the molecule is CCc1cccc(CC)c1NC(=O)CN1C(=Nc2cccc(C)c2)SC[C@@H]1CC. The van der Waals surface area contributed by atoms with Crippen LogP contribution in [0.2, 0.25) is 0 Å². The lowest BCUT2D eigenvalue weighted by Gasteiger charge is -2.25. The summed E-state index contributed by atoms with van der Waals surface area (Å²) in [5.74, 6) is 0.999. The van der Waals surface area contributed by atoms with Crippen molar-refractivity contribution in [3.63, 3.8) is 0 Å². The molecule has 0 unspecified atom stereocenters. The number of benzene rings is 2. The first-order chi connectivity index (χ1) is 14.0. The highest BCUT2D eigenvalue weighted by atomic mass is 32.2. The molecule has 1 aliphatic rings. The quantitative estimate of drug-likeness (QED) is 0.650. The smallest absolute Gasteiger partial charge is 0.243 e. The fourth-order valence-electron chi connectivity index (χ4n) is 3.68. The van der Waals surface area contributed by atoms with Crippen molar-refractivity contribution in [2.24, 2.45) is 4.99 Å². The lowest BCUT2D eigenvalue weighted by Crippen LogP contribution is -2.40. The van der Waals surface area contributed by atoms with Crippen LogP contribution in [0.4, 0.5) is 11.4 Å². The summed E-state index contributed by atoms with van der Waals surface area (Å²) in [6.07, 6.45) is 2.81. The molecule has 1 heterocycles. The minimum absolute atomic E-state index is 0.0264. The molecule has 1 atom stereocenters. The Bertz CT molecular complexity index is 871. The second-order valence-electron chi connectivity index (χ2n) is 7.44. The van der Waals surface area contributed by atoms with Gasteiger partial charge in [0.1, 0.15) is 0 Å². The number of nitrogens with one attached hydrogen (secondary N) is 1. The molecule has 2 aromatic carbocycles. The van der Waals surface area contributed by atoms with Crippen molar-refractivity contribution < 1.29 is 4.79 Å². The number of nitrogens with zero attached hydrogens (tertiary/aromatic N) is 2. The van der Waals surface area contributed by atoms with Crippen LogP contribution in [0.25, 0.3) is 0 Å². The lowest BCUT2D eigenvalue weighted by molar-refractivity contribution is -0.116. The summed E-state index contributed by atoms with van der Waals surface area (Å²) in [6.45, 7) is 8.83. The number of anilines is 1. The van der Waals surface area contributed by atoms with Gasteiger partial charge >= 0.3 is 0 Å². The maximum atomic E-state index is 13.0. The molecule has 3 rings (SSSR count). The van der Waals surface area contributed by atoms with Crippen LogP contribution in [0.15, 0.2) is 47.5 Å². The first-order valence-corrected chi connectivity index (χ1v) is 11.5. The van der Waals surface area contributed by atoms with Crippen LogP contribution in [-0.4, -0.2) is 34.3 Å². The van der Waals surface area contributed by atoms with E-state index >= 15 is 0 Å². The molecule has 154 valence electrons. The largest absolute Gasteiger partial charge is 0.338 e. The fourth-order valence-corrected chi connectivity index (χ4v) is 4.98. The molecule has 0 aliphatic carbocycles. The Morgan fingerprint density at radius 3 is 2.45 bits per heavy atom. The summed E-state index contributed by atoms with van der Waals surface area (Å²) in [6, 6.07) is 14.8. The number of amidine groups is 1. The van der Waals surface area contributed by atoms with E-state index in [4.69, 9.17) is 4.99 Å². The van der Waals surface area contributed by atoms with E-state index in [1.54, 1.807) is 11.8 Å². The summed E-state index contributed by atoms with van der Waals surface area (Å²) in [5, 5.41) is 4.14. The van der Waals surface area contributed by atoms with Gasteiger partial charge in [0.15, 0.2) is 5.17 Å². The molecule has 2 aromatic rings. The molecule has 1 aliphatic heterocycles. The van der Waals surface area contributed by atoms with Crippen LogP contribution in [0.1, 0.15) is 43.9 Å². The standard InChI is InChI=1S/C24H31N3OS/c1-5-18-11-9-12-19(6-2)23(18)26-22(28)15-27-21(7-3)16-29-24(27)25-20-13-8-10-17(4)14-20/h8-14,21H,5-7,15-16H2,1-4H3,(H,26,28)/t21-/m0/s1. The number of aliphatic imine (C=N–C) groups is 1. The monoisotopic (exact) mass is 409 g/mol. The van der Waals surface area contributed by atoms with Crippen LogP contribution in [0.3, 0.4) is 0 Å². The predicted molar refractivity (Wildman–Crippen MR) is 125 cm³/mol. The molecule has 0 aromatic heterocycles. The molecule has 1 saturated heterocycles. The van der Waals surface area contributed by atoms with Gasteiger partial charge in [0.2, 0.25) is 5.91 Å². The van der Waals surface area contributed by atoms with Crippen molar-refractivity contribution in [2.45, 2.75) is 53.0 Å². The highest BCUT2D eigenvalue weighted by Gasteiger charge is 2.30. The summed E-state index contributed by atoms with van der Waals surface area (Å²) >= 11 is 1.74. The van der Waals surface area contributed by atoms with E-state index in [1.165, 1.54) is 16.7 Å². The number of rotatable bonds is 7. The van der Waals surface area contributed by atoms with Gasteiger partial charge in [-0.3, -0.25) is 4.79 Å². The Labute approximate surface area is 178 Å². The third kappa shape index (κ3) is 5.21. The van der Waals surface area contributed by atoms with E-state index in [-0.39, 0.29) is 5.91 Å². The summed E-state index contributed by atoms with van der Waals surface area (Å²) < 4.78 is 0. The van der Waals surface area contributed by atoms with Crippen LogP contribution < -0.4 is 5.32 Å². The average Bonchev–Trinajstić information content (AvgIpc) is 3.09. The molecule has 0 bridgehead atoms. The Kier molecular flexibility index (Phi) is 7.37. The number of carbonyl (C=O) groups is 1. The van der Waals surface area contributed by atoms with Gasteiger partial charge in [-0.25, -0.2) is 4.99 Å². The summed E-state index contributed by atoms with van der Waals surface area (Å²) in [4.78, 5) is 20.0. The summed E-state index contributed by atoms with van der Waals surface area (Å²) in [7, 11) is 0. The predicted octanol–water partition coefficient (Wildman–Crippen LogP) is 5.57. The van der Waals surface area contributed by atoms with Gasteiger partial charge < -0.3 is 10.2 Å². The van der Waals surface area contributed by atoms with E-state index in [0.717, 1.165) is 41.6 Å². The molecule has 0 spiro atoms. The van der Waals surface area contributed by atoms with Crippen molar-refractivity contribution in [3.8, 4) is 0 Å². The van der Waals surface area contributed by atoms with Crippen molar-refractivity contribution in [2.75, 3.05) is 17.6 Å². The van der Waals surface area contributed by atoms with Gasteiger partial charge in [-0.2, -0.15) is 0 Å². The average molecular weight is 410 g/mol. The zero-order valence-corrected chi connectivity index (χ0v) is 18.7. The highest BCUT2D eigenvalue weighted by molar-refractivity contribution is 8.14. The van der Waals surface area contributed by atoms with Crippen LogP contribution in [0, 0.1) is 6.92 Å². The molecule has 1 N–H and O–H groups in total. The highest BCUT2D eigenvalue weighted by Crippen LogP contribution is 2.29. The second kappa shape index (κ2) is 9.97. The molecule has 1 amide bonds. The van der Waals surface area contributed by atoms with Crippen molar-refractivity contribution in [3.05, 3.63) is 59.2 Å². The number of hydrogen-bond donors (Lipinski definition) is 1. The fraction of sp³-hybridized carbons (Fsp3) is 0.417. The third-order valence-electron chi connectivity index (χ3n) is 5.37. The Hall–Kier alpha value is -2.27. The number of aryl methyl sites for hydroxylation is 3. The molecule has 1 fully saturated rings. The number of carbonyl (C=O) groups excluding carboxylic acids is 1. The maximum Gasteiger partial charge on any atom is 0.243 e. The number of para-hydroxylation sites is 1. The van der Waals surface area contributed by atoms with Crippen molar-refractivity contribution in [1.29, 1.82) is 0 Å². The van der Waals surface area contributed by atoms with E-state index < -0.39 is 0 Å². The van der Waals surface area contributed by atoms with E-state index in [9.17, 15) is 4.79 Å². The Balaban J connectivity index is 1.80. The molecule has 0 saturated carbocycles. The summed E-state index contributed by atoms with van der Waals surface area (Å²) in [5.41, 5.74) is 5.50. The first kappa shape index (κ1) is 21.4. The van der Waals surface area contributed by atoms with Crippen molar-refractivity contribution in [1.82, 2.24) is 4.90 Å². The molecular formula is C24H31N3OS. The second-order valence-corrected chi connectivity index (χ2v) is 8.43. The molecular weight excluding hydrogens is 378 g/mol. The van der Waals surface area contributed by atoms with Gasteiger partial charge in [0.25, 0.3) is 0 Å². The first-order valence-electron chi connectivity index (χ1n) is 10.5. The minimum atomic E-state index is 0.0264. The number of amides is 1. The molecule has 0 radical (unpaired) electrons. The van der Waals surface area contributed by atoms with Gasteiger partial charge in [-0.05, 0) is 55.0 Å². The number of thioether (sulfide) groups is 1. The van der Waals surface area contributed by atoms with Gasteiger partial charge in [0.05, 0.1) is 12.2 Å². The van der Waals surface area contributed by atoms with Crippen LogP contribution in [0.5, 0.6) is 0 Å². The van der Waals surface area contributed by atoms with Crippen LogP contribution in [-0.2, 0) is 17.6 Å². The van der Waals surface area contributed by atoms with Crippen molar-refractivity contribution >= 4 is 34.2 Å². The van der Waals surface area contributed by atoms with E-state index in [1.807, 2.05) is 12.1 Å². The zero-order valence-electron chi connectivity index (χ0n) is 17.9. The van der Waals surface area contributed by atoms with Gasteiger partial charge in [-0.15, -0.1) is 0 Å². The maximum absolute atomic E-state index is 13.0. The normalized spacial score (nSPS) is 17.7.